The standard InChI is InChI=1S/C17H20N2OS/c1-12(10-13-6-4-3-5-7-13)19-16-11-14(20-2)8-9-15(16)17(18)21/h3-9,11-12,19H,10H2,1-2H3,(H2,18,21). The molecule has 0 saturated heterocycles. The van der Waals surface area contributed by atoms with E-state index in [0.717, 1.165) is 23.4 Å². The zero-order chi connectivity index (χ0) is 15.2. The van der Waals surface area contributed by atoms with Crippen LogP contribution in [-0.2, 0) is 6.42 Å². The fourth-order valence-electron chi connectivity index (χ4n) is 2.27. The molecule has 21 heavy (non-hydrogen) atoms. The third-order valence-electron chi connectivity index (χ3n) is 3.28. The monoisotopic (exact) mass is 300 g/mol. The van der Waals surface area contributed by atoms with E-state index in [1.807, 2.05) is 36.4 Å². The van der Waals surface area contributed by atoms with Crippen molar-refractivity contribution in [3.05, 3.63) is 59.7 Å². The number of benzene rings is 2. The van der Waals surface area contributed by atoms with Crippen LogP contribution in [0.1, 0.15) is 18.1 Å². The number of ether oxygens (including phenoxy) is 1. The third kappa shape index (κ3) is 4.20. The smallest absolute Gasteiger partial charge is 0.120 e. The molecule has 1 atom stereocenters. The highest BCUT2D eigenvalue weighted by molar-refractivity contribution is 7.80. The van der Waals surface area contributed by atoms with Gasteiger partial charge in [-0.1, -0.05) is 42.5 Å². The molecular weight excluding hydrogens is 280 g/mol. The highest BCUT2D eigenvalue weighted by Gasteiger charge is 2.10. The summed E-state index contributed by atoms with van der Waals surface area (Å²) < 4.78 is 5.27. The minimum absolute atomic E-state index is 0.257. The van der Waals surface area contributed by atoms with Gasteiger partial charge in [-0.15, -0.1) is 0 Å². The van der Waals surface area contributed by atoms with Gasteiger partial charge in [-0.25, -0.2) is 0 Å². The van der Waals surface area contributed by atoms with Crippen molar-refractivity contribution in [3.63, 3.8) is 0 Å². The molecule has 3 N–H and O–H groups in total. The summed E-state index contributed by atoms with van der Waals surface area (Å²) >= 11 is 5.11. The van der Waals surface area contributed by atoms with Crippen molar-refractivity contribution < 1.29 is 4.74 Å². The van der Waals surface area contributed by atoms with Crippen molar-refractivity contribution in [3.8, 4) is 5.75 Å². The van der Waals surface area contributed by atoms with Gasteiger partial charge in [0.05, 0.1) is 7.11 Å². The lowest BCUT2D eigenvalue weighted by Gasteiger charge is -2.18. The van der Waals surface area contributed by atoms with E-state index in [9.17, 15) is 0 Å². The van der Waals surface area contributed by atoms with Crippen LogP contribution in [0.2, 0.25) is 0 Å². The fraction of sp³-hybridized carbons (Fsp3) is 0.235. The van der Waals surface area contributed by atoms with Crippen LogP contribution in [0.3, 0.4) is 0 Å². The molecule has 0 bridgehead atoms. The van der Waals surface area contributed by atoms with E-state index in [2.05, 4.69) is 24.4 Å². The SMILES string of the molecule is COc1ccc(C(N)=S)c(NC(C)Cc2ccccc2)c1. The zero-order valence-corrected chi connectivity index (χ0v) is 13.1. The Morgan fingerprint density at radius 2 is 1.95 bits per heavy atom. The first-order chi connectivity index (χ1) is 10.1. The Hall–Kier alpha value is -2.07. The number of methoxy groups -OCH3 is 1. The van der Waals surface area contributed by atoms with Gasteiger partial charge in [-0.2, -0.15) is 0 Å². The molecule has 0 aliphatic rings. The Balaban J connectivity index is 2.15. The predicted molar refractivity (Wildman–Crippen MR) is 92.1 cm³/mol. The number of anilines is 1. The highest BCUT2D eigenvalue weighted by Crippen LogP contribution is 2.23. The number of hydrogen-bond acceptors (Lipinski definition) is 3. The average molecular weight is 300 g/mol. The van der Waals surface area contributed by atoms with E-state index in [4.69, 9.17) is 22.7 Å². The Kier molecular flexibility index (Phi) is 5.17. The van der Waals surface area contributed by atoms with Crippen LogP contribution in [0.4, 0.5) is 5.69 Å². The molecule has 0 spiro atoms. The van der Waals surface area contributed by atoms with Crippen molar-refractivity contribution in [1.29, 1.82) is 0 Å². The van der Waals surface area contributed by atoms with Gasteiger partial charge in [-0.05, 0) is 31.0 Å². The van der Waals surface area contributed by atoms with E-state index in [1.54, 1.807) is 7.11 Å². The lowest BCUT2D eigenvalue weighted by atomic mass is 10.1. The summed E-state index contributed by atoms with van der Waals surface area (Å²) in [6, 6.07) is 16.3. The molecule has 1 unspecified atom stereocenters. The van der Waals surface area contributed by atoms with Gasteiger partial charge >= 0.3 is 0 Å². The molecule has 0 aliphatic heterocycles. The first-order valence-corrected chi connectivity index (χ1v) is 7.29. The van der Waals surface area contributed by atoms with Crippen molar-refractivity contribution in [1.82, 2.24) is 0 Å². The number of rotatable bonds is 6. The molecule has 0 aromatic heterocycles. The number of hydrogen-bond donors (Lipinski definition) is 2. The topological polar surface area (TPSA) is 47.3 Å². The molecule has 0 amide bonds. The third-order valence-corrected chi connectivity index (χ3v) is 3.50. The molecule has 2 aromatic rings. The minimum atomic E-state index is 0.257. The second-order valence-corrected chi connectivity index (χ2v) is 5.45. The van der Waals surface area contributed by atoms with E-state index in [1.165, 1.54) is 5.56 Å². The highest BCUT2D eigenvalue weighted by atomic mass is 32.1. The first-order valence-electron chi connectivity index (χ1n) is 6.88. The molecule has 0 saturated carbocycles. The summed E-state index contributed by atoms with van der Waals surface area (Å²) in [5, 5.41) is 3.47. The van der Waals surface area contributed by atoms with E-state index in [0.29, 0.717) is 4.99 Å². The van der Waals surface area contributed by atoms with Gasteiger partial charge in [-0.3, -0.25) is 0 Å². The van der Waals surface area contributed by atoms with Crippen LogP contribution in [0.15, 0.2) is 48.5 Å². The van der Waals surface area contributed by atoms with Gasteiger partial charge in [0.2, 0.25) is 0 Å². The van der Waals surface area contributed by atoms with Gasteiger partial charge in [0.1, 0.15) is 10.7 Å². The maximum atomic E-state index is 5.79. The van der Waals surface area contributed by atoms with Gasteiger partial charge in [0, 0.05) is 23.4 Å². The zero-order valence-electron chi connectivity index (χ0n) is 12.3. The number of thiocarbonyl (C=S) groups is 1. The minimum Gasteiger partial charge on any atom is -0.497 e. The van der Waals surface area contributed by atoms with E-state index < -0.39 is 0 Å². The fourth-order valence-corrected chi connectivity index (χ4v) is 2.45. The van der Waals surface area contributed by atoms with E-state index in [-0.39, 0.29) is 6.04 Å². The van der Waals surface area contributed by atoms with Crippen LogP contribution in [0.5, 0.6) is 5.75 Å². The van der Waals surface area contributed by atoms with E-state index >= 15 is 0 Å². The summed E-state index contributed by atoms with van der Waals surface area (Å²) in [6.45, 7) is 2.13. The Bertz CT molecular complexity index is 613. The van der Waals surface area contributed by atoms with Crippen LogP contribution >= 0.6 is 12.2 Å². The summed E-state index contributed by atoms with van der Waals surface area (Å²) in [5.41, 5.74) is 8.82. The van der Waals surface area contributed by atoms with Crippen molar-refractivity contribution in [2.45, 2.75) is 19.4 Å². The maximum absolute atomic E-state index is 5.79. The summed E-state index contributed by atoms with van der Waals surface area (Å²) in [6.07, 6.45) is 0.925. The van der Waals surface area contributed by atoms with Gasteiger partial charge < -0.3 is 15.8 Å². The number of nitrogens with two attached hydrogens (primary N) is 1. The van der Waals surface area contributed by atoms with Crippen molar-refractivity contribution >= 4 is 22.9 Å². The van der Waals surface area contributed by atoms with Crippen LogP contribution in [-0.4, -0.2) is 18.1 Å². The molecule has 0 heterocycles. The Labute approximate surface area is 131 Å². The summed E-state index contributed by atoms with van der Waals surface area (Å²) in [4.78, 5) is 0.382. The molecule has 0 radical (unpaired) electrons. The molecule has 4 heteroatoms. The molecule has 0 aliphatic carbocycles. The predicted octanol–water partition coefficient (Wildman–Crippen LogP) is 3.37. The summed E-state index contributed by atoms with van der Waals surface area (Å²) in [5.74, 6) is 0.782. The van der Waals surface area contributed by atoms with Crippen LogP contribution in [0, 0.1) is 0 Å². The Morgan fingerprint density at radius 1 is 1.24 bits per heavy atom. The second-order valence-electron chi connectivity index (χ2n) is 5.01. The normalized spacial score (nSPS) is 11.7. The number of nitrogens with one attached hydrogen (secondary N) is 1. The quantitative estimate of drug-likeness (QED) is 0.803. The molecule has 110 valence electrons. The van der Waals surface area contributed by atoms with Gasteiger partial charge in [0.15, 0.2) is 0 Å². The second kappa shape index (κ2) is 7.09. The lowest BCUT2D eigenvalue weighted by Crippen LogP contribution is -2.21. The molecule has 0 fully saturated rings. The van der Waals surface area contributed by atoms with Gasteiger partial charge in [0.25, 0.3) is 0 Å². The van der Waals surface area contributed by atoms with Crippen molar-refractivity contribution in [2.24, 2.45) is 5.73 Å². The van der Waals surface area contributed by atoms with Crippen LogP contribution in [0.25, 0.3) is 0 Å². The van der Waals surface area contributed by atoms with Crippen LogP contribution < -0.4 is 15.8 Å². The first kappa shape index (κ1) is 15.3. The van der Waals surface area contributed by atoms with Crippen molar-refractivity contribution in [2.75, 3.05) is 12.4 Å². The molecule has 2 aromatic carbocycles. The Morgan fingerprint density at radius 3 is 2.57 bits per heavy atom. The molecule has 2 rings (SSSR count). The maximum Gasteiger partial charge on any atom is 0.120 e. The molecule has 3 nitrogen and oxygen atoms in total. The average Bonchev–Trinajstić information content (AvgIpc) is 2.47. The molecular formula is C17H20N2OS. The summed E-state index contributed by atoms with van der Waals surface area (Å²) in [7, 11) is 1.65. The largest absolute Gasteiger partial charge is 0.497 e. The lowest BCUT2D eigenvalue weighted by molar-refractivity contribution is 0.415.